The molecule has 0 aliphatic carbocycles. The van der Waals surface area contributed by atoms with E-state index < -0.39 is 0 Å². The first-order valence-corrected chi connectivity index (χ1v) is 8.01. The molecule has 2 rings (SSSR count). The third-order valence-electron chi connectivity index (χ3n) is 2.81. The largest absolute Gasteiger partial charge is 0.370 e. The molecule has 2 aromatic rings. The Bertz CT molecular complexity index is 631. The molecule has 0 fully saturated rings. The van der Waals surface area contributed by atoms with Crippen molar-refractivity contribution in [3.8, 4) is 0 Å². The minimum Gasteiger partial charge on any atom is -0.370 e. The molecule has 4 nitrogen and oxygen atoms in total. The molecule has 2 N–H and O–H groups in total. The van der Waals surface area contributed by atoms with Gasteiger partial charge in [0.05, 0.1) is 5.69 Å². The highest BCUT2D eigenvalue weighted by Gasteiger charge is 2.09. The van der Waals surface area contributed by atoms with Gasteiger partial charge in [-0.15, -0.1) is 0 Å². The van der Waals surface area contributed by atoms with Crippen molar-refractivity contribution in [1.29, 1.82) is 0 Å². The summed E-state index contributed by atoms with van der Waals surface area (Å²) in [5.41, 5.74) is 0.873. The molecule has 0 saturated carbocycles. The summed E-state index contributed by atoms with van der Waals surface area (Å²) in [6.07, 6.45) is 0. The summed E-state index contributed by atoms with van der Waals surface area (Å²) in [6, 6.07) is 7.49. The number of halogens is 2. The van der Waals surface area contributed by atoms with Gasteiger partial charge in [0.2, 0.25) is 0 Å². The molecule has 0 unspecified atom stereocenters. The molecule has 112 valence electrons. The average Bonchev–Trinajstić information content (AvgIpc) is 2.43. The second kappa shape index (κ2) is 7.09. The van der Waals surface area contributed by atoms with Crippen LogP contribution in [0.25, 0.3) is 0 Å². The highest BCUT2D eigenvalue weighted by atomic mass is 79.9. The van der Waals surface area contributed by atoms with Gasteiger partial charge in [0.15, 0.2) is 0 Å². The number of nitrogens with zero attached hydrogens (tertiary/aromatic N) is 2. The Balaban J connectivity index is 2.36. The summed E-state index contributed by atoms with van der Waals surface area (Å²) in [7, 11) is 0. The van der Waals surface area contributed by atoms with E-state index in [1.54, 1.807) is 0 Å². The monoisotopic (exact) mass is 368 g/mol. The van der Waals surface area contributed by atoms with E-state index >= 15 is 0 Å². The van der Waals surface area contributed by atoms with Crippen molar-refractivity contribution >= 4 is 44.9 Å². The third kappa shape index (κ3) is 4.32. The fraction of sp³-hybridized carbons (Fsp3) is 0.333. The minimum atomic E-state index is 0.256. The second-order valence-electron chi connectivity index (χ2n) is 4.93. The Kier molecular flexibility index (Phi) is 5.42. The van der Waals surface area contributed by atoms with Crippen LogP contribution in [0.1, 0.15) is 32.5 Å². The van der Waals surface area contributed by atoms with Gasteiger partial charge in [-0.05, 0) is 41.1 Å². The van der Waals surface area contributed by atoms with E-state index in [2.05, 4.69) is 50.4 Å². The number of anilines is 3. The van der Waals surface area contributed by atoms with Gasteiger partial charge < -0.3 is 10.6 Å². The van der Waals surface area contributed by atoms with E-state index in [4.69, 9.17) is 11.6 Å². The summed E-state index contributed by atoms with van der Waals surface area (Å²) in [4.78, 5) is 9.06. The van der Waals surface area contributed by atoms with Crippen LogP contribution >= 0.6 is 27.5 Å². The predicted octanol–water partition coefficient (Wildman–Crippen LogP) is 5.19. The molecule has 0 radical (unpaired) electrons. The minimum absolute atomic E-state index is 0.256. The Hall–Kier alpha value is -1.33. The molecule has 6 heteroatoms. The molecular weight excluding hydrogens is 352 g/mol. The summed E-state index contributed by atoms with van der Waals surface area (Å²) in [5.74, 6) is 2.62. The van der Waals surface area contributed by atoms with Crippen LogP contribution in [0.2, 0.25) is 5.02 Å². The SMILES string of the molecule is CCNc1cc(Nc2cc(Cl)ccc2Br)nc(C(C)C)n1. The molecular formula is C15H18BrClN4. The van der Waals surface area contributed by atoms with E-state index in [0.29, 0.717) is 5.02 Å². The zero-order chi connectivity index (χ0) is 15.4. The van der Waals surface area contributed by atoms with Gasteiger partial charge >= 0.3 is 0 Å². The van der Waals surface area contributed by atoms with E-state index in [-0.39, 0.29) is 5.92 Å². The Morgan fingerprint density at radius 1 is 1.19 bits per heavy atom. The molecule has 21 heavy (non-hydrogen) atoms. The maximum absolute atomic E-state index is 6.04. The molecule has 1 aromatic carbocycles. The average molecular weight is 370 g/mol. The second-order valence-corrected chi connectivity index (χ2v) is 6.22. The summed E-state index contributed by atoms with van der Waals surface area (Å²) < 4.78 is 0.932. The van der Waals surface area contributed by atoms with Crippen molar-refractivity contribution in [1.82, 2.24) is 9.97 Å². The first kappa shape index (κ1) is 16.0. The van der Waals surface area contributed by atoms with Crippen molar-refractivity contribution in [3.05, 3.63) is 39.6 Å². The molecule has 0 spiro atoms. The fourth-order valence-electron chi connectivity index (χ4n) is 1.79. The maximum atomic E-state index is 6.04. The normalized spacial score (nSPS) is 10.8. The highest BCUT2D eigenvalue weighted by Crippen LogP contribution is 2.29. The van der Waals surface area contributed by atoms with Crippen LogP contribution in [0.3, 0.4) is 0 Å². The standard InChI is InChI=1S/C15H18BrClN4/c1-4-18-13-8-14(21-15(20-13)9(2)3)19-12-7-10(17)5-6-11(12)16/h5-9H,4H2,1-3H3,(H2,18,19,20,21). The summed E-state index contributed by atoms with van der Waals surface area (Å²) in [6.45, 7) is 7.00. The fourth-order valence-corrected chi connectivity index (χ4v) is 2.31. The van der Waals surface area contributed by atoms with Crippen LogP contribution < -0.4 is 10.6 Å². The van der Waals surface area contributed by atoms with Crippen LogP contribution in [0.5, 0.6) is 0 Å². The van der Waals surface area contributed by atoms with E-state index in [0.717, 1.165) is 34.2 Å². The van der Waals surface area contributed by atoms with Gasteiger partial charge in [-0.3, -0.25) is 0 Å². The van der Waals surface area contributed by atoms with Gasteiger partial charge in [-0.1, -0.05) is 25.4 Å². The lowest BCUT2D eigenvalue weighted by molar-refractivity contribution is 0.777. The lowest BCUT2D eigenvalue weighted by atomic mass is 10.2. The van der Waals surface area contributed by atoms with Crippen LogP contribution in [0.15, 0.2) is 28.7 Å². The summed E-state index contributed by atoms with van der Waals surface area (Å²) >= 11 is 9.54. The van der Waals surface area contributed by atoms with Crippen molar-refractivity contribution in [3.63, 3.8) is 0 Å². The molecule has 0 amide bonds. The first-order valence-electron chi connectivity index (χ1n) is 6.84. The van der Waals surface area contributed by atoms with Gasteiger partial charge in [0.25, 0.3) is 0 Å². The molecule has 0 bridgehead atoms. The molecule has 0 aliphatic rings. The van der Waals surface area contributed by atoms with Crippen molar-refractivity contribution in [2.24, 2.45) is 0 Å². The lowest BCUT2D eigenvalue weighted by Gasteiger charge is -2.13. The Morgan fingerprint density at radius 3 is 2.57 bits per heavy atom. The predicted molar refractivity (Wildman–Crippen MR) is 92.7 cm³/mol. The number of benzene rings is 1. The lowest BCUT2D eigenvalue weighted by Crippen LogP contribution is -2.07. The van der Waals surface area contributed by atoms with Crippen LogP contribution in [-0.4, -0.2) is 16.5 Å². The van der Waals surface area contributed by atoms with E-state index in [9.17, 15) is 0 Å². The number of rotatable bonds is 5. The van der Waals surface area contributed by atoms with Gasteiger partial charge in [0.1, 0.15) is 17.5 Å². The zero-order valence-electron chi connectivity index (χ0n) is 12.2. The molecule has 1 heterocycles. The van der Waals surface area contributed by atoms with E-state index in [1.807, 2.05) is 31.2 Å². The van der Waals surface area contributed by atoms with Crippen molar-refractivity contribution in [2.75, 3.05) is 17.2 Å². The van der Waals surface area contributed by atoms with Crippen LogP contribution in [0.4, 0.5) is 17.3 Å². The first-order chi connectivity index (χ1) is 9.99. The molecule has 0 aliphatic heterocycles. The summed E-state index contributed by atoms with van der Waals surface area (Å²) in [5, 5.41) is 7.18. The van der Waals surface area contributed by atoms with Crippen LogP contribution in [-0.2, 0) is 0 Å². The quantitative estimate of drug-likeness (QED) is 0.761. The Labute approximate surface area is 138 Å². The number of nitrogens with one attached hydrogen (secondary N) is 2. The number of aromatic nitrogens is 2. The zero-order valence-corrected chi connectivity index (χ0v) is 14.6. The smallest absolute Gasteiger partial charge is 0.136 e. The van der Waals surface area contributed by atoms with Crippen molar-refractivity contribution in [2.45, 2.75) is 26.7 Å². The Morgan fingerprint density at radius 2 is 1.90 bits per heavy atom. The van der Waals surface area contributed by atoms with Gasteiger partial charge in [-0.2, -0.15) is 0 Å². The number of hydrogen-bond acceptors (Lipinski definition) is 4. The molecule has 1 aromatic heterocycles. The molecule has 0 saturated heterocycles. The third-order valence-corrected chi connectivity index (χ3v) is 3.74. The topological polar surface area (TPSA) is 49.8 Å². The number of hydrogen-bond donors (Lipinski definition) is 2. The molecule has 0 atom stereocenters. The van der Waals surface area contributed by atoms with Crippen molar-refractivity contribution < 1.29 is 0 Å². The van der Waals surface area contributed by atoms with E-state index in [1.165, 1.54) is 0 Å². The highest BCUT2D eigenvalue weighted by molar-refractivity contribution is 9.10. The van der Waals surface area contributed by atoms with Gasteiger partial charge in [0, 0.05) is 28.0 Å². The van der Waals surface area contributed by atoms with Gasteiger partial charge in [-0.25, -0.2) is 9.97 Å². The van der Waals surface area contributed by atoms with Crippen LogP contribution in [0, 0.1) is 0 Å². The maximum Gasteiger partial charge on any atom is 0.136 e.